The van der Waals surface area contributed by atoms with Crippen LogP contribution in [0.25, 0.3) is 0 Å². The van der Waals surface area contributed by atoms with Crippen molar-refractivity contribution >= 4 is 11.8 Å². The van der Waals surface area contributed by atoms with Crippen LogP contribution in [0.15, 0.2) is 16.7 Å². The van der Waals surface area contributed by atoms with Gasteiger partial charge in [0.05, 0.1) is 11.8 Å². The first-order chi connectivity index (χ1) is 9.66. The second-order valence-corrected chi connectivity index (χ2v) is 5.44. The summed E-state index contributed by atoms with van der Waals surface area (Å²) in [6.45, 7) is 1.71. The summed E-state index contributed by atoms with van der Waals surface area (Å²) in [4.78, 5) is 23.4. The fourth-order valence-corrected chi connectivity index (χ4v) is 2.69. The summed E-state index contributed by atoms with van der Waals surface area (Å²) in [5.41, 5.74) is 5.31. The van der Waals surface area contributed by atoms with E-state index >= 15 is 0 Å². The van der Waals surface area contributed by atoms with Gasteiger partial charge in [0.25, 0.3) is 5.91 Å². The van der Waals surface area contributed by atoms with Crippen molar-refractivity contribution < 1.29 is 14.0 Å². The molecule has 0 aliphatic heterocycles. The number of hydrogen-bond donors (Lipinski definition) is 2. The molecule has 1 aliphatic rings. The Kier molecular flexibility index (Phi) is 5.21. The van der Waals surface area contributed by atoms with Crippen LogP contribution in [0.1, 0.15) is 61.1 Å². The summed E-state index contributed by atoms with van der Waals surface area (Å²) in [5, 5.41) is 0. The van der Waals surface area contributed by atoms with E-state index in [1.54, 1.807) is 13.0 Å². The van der Waals surface area contributed by atoms with E-state index in [1.165, 1.54) is 38.4 Å². The van der Waals surface area contributed by atoms with Crippen LogP contribution in [0.2, 0.25) is 0 Å². The molecule has 1 aliphatic carbocycles. The third kappa shape index (κ3) is 4.11. The van der Waals surface area contributed by atoms with Gasteiger partial charge < -0.3 is 4.42 Å². The number of furan rings is 1. The highest BCUT2D eigenvalue weighted by molar-refractivity contribution is 5.96. The molecule has 1 aromatic heterocycles. The number of rotatable bonds is 4. The lowest BCUT2D eigenvalue weighted by Gasteiger charge is -2.20. The Bertz CT molecular complexity index is 461. The minimum absolute atomic E-state index is 0.134. The fraction of sp³-hybridized carbons (Fsp3) is 0.600. The van der Waals surface area contributed by atoms with Crippen molar-refractivity contribution in [2.45, 2.75) is 51.9 Å². The van der Waals surface area contributed by atoms with Crippen molar-refractivity contribution in [1.29, 1.82) is 0 Å². The van der Waals surface area contributed by atoms with Crippen molar-refractivity contribution in [3.63, 3.8) is 0 Å². The van der Waals surface area contributed by atoms with Crippen LogP contribution in [0.4, 0.5) is 0 Å². The van der Waals surface area contributed by atoms with Gasteiger partial charge in [0.15, 0.2) is 0 Å². The van der Waals surface area contributed by atoms with E-state index in [-0.39, 0.29) is 11.8 Å². The van der Waals surface area contributed by atoms with Gasteiger partial charge in [0.1, 0.15) is 5.76 Å². The Balaban J connectivity index is 1.67. The van der Waals surface area contributed by atoms with Crippen LogP contribution in [-0.2, 0) is 4.79 Å². The molecule has 2 rings (SSSR count). The monoisotopic (exact) mass is 278 g/mol. The second kappa shape index (κ2) is 7.12. The molecule has 0 spiro atoms. The Labute approximate surface area is 119 Å². The molecule has 20 heavy (non-hydrogen) atoms. The van der Waals surface area contributed by atoms with Crippen LogP contribution in [0, 0.1) is 12.8 Å². The summed E-state index contributed by atoms with van der Waals surface area (Å²) in [6, 6.07) is 1.58. The Morgan fingerprint density at radius 1 is 1.25 bits per heavy atom. The number of nitrogens with one attached hydrogen (secondary N) is 2. The number of aryl methyl sites for hydroxylation is 1. The maximum Gasteiger partial charge on any atom is 0.273 e. The lowest BCUT2D eigenvalue weighted by atomic mass is 9.86. The molecule has 1 fully saturated rings. The number of carbonyl (C=O) groups excluding carboxylic acids is 2. The molecule has 1 saturated carbocycles. The molecular formula is C15H22N2O3. The molecule has 0 saturated heterocycles. The minimum atomic E-state index is -0.345. The lowest BCUT2D eigenvalue weighted by molar-refractivity contribution is -0.122. The smallest absolute Gasteiger partial charge is 0.273 e. The molecule has 0 atom stereocenters. The van der Waals surface area contributed by atoms with E-state index in [2.05, 4.69) is 10.9 Å². The van der Waals surface area contributed by atoms with E-state index in [4.69, 9.17) is 4.42 Å². The molecule has 0 bridgehead atoms. The van der Waals surface area contributed by atoms with Gasteiger partial charge in [-0.3, -0.25) is 20.4 Å². The lowest BCUT2D eigenvalue weighted by Crippen LogP contribution is -2.41. The van der Waals surface area contributed by atoms with E-state index in [0.717, 1.165) is 6.42 Å². The summed E-state index contributed by atoms with van der Waals surface area (Å²) in [5.74, 6) is 0.729. The highest BCUT2D eigenvalue weighted by atomic mass is 16.3. The first-order valence-electron chi connectivity index (χ1n) is 7.30. The van der Waals surface area contributed by atoms with Gasteiger partial charge in [-0.15, -0.1) is 0 Å². The molecular weight excluding hydrogens is 256 g/mol. The third-order valence-electron chi connectivity index (χ3n) is 3.92. The number of amides is 2. The zero-order chi connectivity index (χ0) is 14.4. The summed E-state index contributed by atoms with van der Waals surface area (Å²) in [6.07, 6.45) is 9.17. The van der Waals surface area contributed by atoms with Crippen LogP contribution >= 0.6 is 0 Å². The van der Waals surface area contributed by atoms with Crippen molar-refractivity contribution in [2.75, 3.05) is 0 Å². The highest BCUT2D eigenvalue weighted by Crippen LogP contribution is 2.27. The number of hydrazine groups is 1. The van der Waals surface area contributed by atoms with Gasteiger partial charge in [-0.1, -0.05) is 32.1 Å². The van der Waals surface area contributed by atoms with Crippen LogP contribution in [0.3, 0.4) is 0 Å². The van der Waals surface area contributed by atoms with Crippen molar-refractivity contribution in [2.24, 2.45) is 5.92 Å². The van der Waals surface area contributed by atoms with E-state index in [0.29, 0.717) is 23.7 Å². The summed E-state index contributed by atoms with van der Waals surface area (Å²) < 4.78 is 5.05. The normalized spacial score (nSPS) is 15.8. The first kappa shape index (κ1) is 14.6. The maximum absolute atomic E-state index is 11.8. The molecule has 0 radical (unpaired) electrons. The van der Waals surface area contributed by atoms with Gasteiger partial charge in [0, 0.05) is 6.42 Å². The maximum atomic E-state index is 11.8. The zero-order valence-electron chi connectivity index (χ0n) is 11.9. The molecule has 0 unspecified atom stereocenters. The molecule has 5 nitrogen and oxygen atoms in total. The zero-order valence-corrected chi connectivity index (χ0v) is 11.9. The van der Waals surface area contributed by atoms with Gasteiger partial charge in [-0.25, -0.2) is 0 Å². The van der Waals surface area contributed by atoms with Crippen molar-refractivity contribution in [3.05, 3.63) is 23.7 Å². The average Bonchev–Trinajstić information content (AvgIpc) is 2.90. The largest absolute Gasteiger partial charge is 0.469 e. The Morgan fingerprint density at radius 3 is 2.65 bits per heavy atom. The molecule has 1 aromatic rings. The predicted molar refractivity (Wildman–Crippen MR) is 74.9 cm³/mol. The molecule has 2 amide bonds. The predicted octanol–water partition coefficient (Wildman–Crippen LogP) is 2.71. The quantitative estimate of drug-likeness (QED) is 0.832. The van der Waals surface area contributed by atoms with Gasteiger partial charge >= 0.3 is 0 Å². The van der Waals surface area contributed by atoms with Crippen LogP contribution in [-0.4, -0.2) is 11.8 Å². The number of hydrogen-bond acceptors (Lipinski definition) is 3. The minimum Gasteiger partial charge on any atom is -0.469 e. The topological polar surface area (TPSA) is 71.3 Å². The summed E-state index contributed by atoms with van der Waals surface area (Å²) in [7, 11) is 0. The van der Waals surface area contributed by atoms with Gasteiger partial charge in [-0.2, -0.15) is 0 Å². The first-order valence-corrected chi connectivity index (χ1v) is 7.30. The third-order valence-corrected chi connectivity index (χ3v) is 3.92. The molecule has 110 valence electrons. The number of carbonyl (C=O) groups is 2. The summed E-state index contributed by atoms with van der Waals surface area (Å²) >= 11 is 0. The van der Waals surface area contributed by atoms with E-state index < -0.39 is 0 Å². The Hall–Kier alpha value is -1.78. The van der Waals surface area contributed by atoms with Gasteiger partial charge in [0.2, 0.25) is 5.91 Å². The SMILES string of the molecule is Cc1occc1C(=O)NNC(=O)CCC1CCCCC1. The highest BCUT2D eigenvalue weighted by Gasteiger charge is 2.16. The van der Waals surface area contributed by atoms with Crippen LogP contribution < -0.4 is 10.9 Å². The standard InChI is InChI=1S/C15H22N2O3/c1-11-13(9-10-20-11)15(19)17-16-14(18)8-7-12-5-3-2-4-6-12/h9-10,12H,2-8H2,1H3,(H,16,18)(H,17,19). The molecule has 2 N–H and O–H groups in total. The van der Waals surface area contributed by atoms with E-state index in [1.807, 2.05) is 0 Å². The second-order valence-electron chi connectivity index (χ2n) is 5.44. The fourth-order valence-electron chi connectivity index (χ4n) is 2.69. The van der Waals surface area contributed by atoms with Gasteiger partial charge in [-0.05, 0) is 25.3 Å². The van der Waals surface area contributed by atoms with Crippen molar-refractivity contribution in [1.82, 2.24) is 10.9 Å². The molecule has 5 heteroatoms. The Morgan fingerprint density at radius 2 is 2.00 bits per heavy atom. The van der Waals surface area contributed by atoms with Crippen LogP contribution in [0.5, 0.6) is 0 Å². The average molecular weight is 278 g/mol. The van der Waals surface area contributed by atoms with E-state index in [9.17, 15) is 9.59 Å². The molecule has 1 heterocycles. The molecule has 0 aromatic carbocycles. The van der Waals surface area contributed by atoms with Crippen molar-refractivity contribution in [3.8, 4) is 0 Å².